The molecule has 2 N–H and O–H groups in total. The Kier molecular flexibility index (Phi) is 3.88. The van der Waals surface area contributed by atoms with E-state index in [0.717, 1.165) is 6.54 Å². The highest BCUT2D eigenvalue weighted by molar-refractivity contribution is 7.90. The Morgan fingerprint density at radius 1 is 1.43 bits per heavy atom. The summed E-state index contributed by atoms with van der Waals surface area (Å²) in [6, 6.07) is 0. The molecule has 0 aromatic rings. The van der Waals surface area contributed by atoms with Gasteiger partial charge in [-0.1, -0.05) is 0 Å². The highest BCUT2D eigenvalue weighted by atomic mass is 32.2. The lowest BCUT2D eigenvalue weighted by molar-refractivity contribution is -0.118. The summed E-state index contributed by atoms with van der Waals surface area (Å²) in [4.78, 5) is 11.1. The molecule has 14 heavy (non-hydrogen) atoms. The second kappa shape index (κ2) is 4.75. The van der Waals surface area contributed by atoms with Gasteiger partial charge in [0.1, 0.15) is 0 Å². The molecule has 6 heteroatoms. The lowest BCUT2D eigenvalue weighted by atomic mass is 10.4. The van der Waals surface area contributed by atoms with Gasteiger partial charge >= 0.3 is 0 Å². The molecule has 0 spiro atoms. The molecule has 0 radical (unpaired) electrons. The van der Waals surface area contributed by atoms with E-state index in [4.69, 9.17) is 0 Å². The molecule has 5 nitrogen and oxygen atoms in total. The third-order valence-electron chi connectivity index (χ3n) is 2.06. The van der Waals surface area contributed by atoms with Crippen LogP contribution in [-0.2, 0) is 14.8 Å². The summed E-state index contributed by atoms with van der Waals surface area (Å²) >= 11 is 0. The maximum atomic E-state index is 11.1. The lowest BCUT2D eigenvalue weighted by Gasteiger charge is -2.05. The minimum Gasteiger partial charge on any atom is -0.308 e. The predicted molar refractivity (Wildman–Crippen MR) is 53.2 cm³/mol. The molecule has 1 rings (SSSR count). The summed E-state index contributed by atoms with van der Waals surface area (Å²) in [7, 11) is -3.39. The van der Waals surface area contributed by atoms with Gasteiger partial charge in [0, 0.05) is 0 Å². The van der Waals surface area contributed by atoms with E-state index < -0.39 is 15.9 Å². The fourth-order valence-electron chi connectivity index (χ4n) is 0.993. The van der Waals surface area contributed by atoms with E-state index in [9.17, 15) is 13.2 Å². The van der Waals surface area contributed by atoms with Crippen molar-refractivity contribution in [2.75, 3.05) is 18.8 Å². The van der Waals surface area contributed by atoms with E-state index in [1.54, 1.807) is 0 Å². The Bertz CT molecular complexity index is 296. The molecular formula is C8H16N2O3S. The van der Waals surface area contributed by atoms with Crippen molar-refractivity contribution >= 4 is 15.9 Å². The zero-order valence-corrected chi connectivity index (χ0v) is 9.06. The summed E-state index contributed by atoms with van der Waals surface area (Å²) in [6.07, 6.45) is 2.42. The number of hydrogen-bond acceptors (Lipinski definition) is 4. The van der Waals surface area contributed by atoms with Gasteiger partial charge in [-0.15, -0.1) is 0 Å². The van der Waals surface area contributed by atoms with Crippen molar-refractivity contribution in [2.45, 2.75) is 19.8 Å². The van der Waals surface area contributed by atoms with Crippen molar-refractivity contribution in [2.24, 2.45) is 5.92 Å². The normalized spacial score (nSPS) is 16.6. The average molecular weight is 220 g/mol. The smallest absolute Gasteiger partial charge is 0.247 e. The summed E-state index contributed by atoms with van der Waals surface area (Å²) in [5, 5.41) is 2.92. The monoisotopic (exact) mass is 220 g/mol. The quantitative estimate of drug-likeness (QED) is 0.630. The second-order valence-corrected chi connectivity index (χ2v) is 5.51. The maximum absolute atomic E-state index is 11.1. The van der Waals surface area contributed by atoms with Crippen LogP contribution in [0.1, 0.15) is 19.8 Å². The van der Waals surface area contributed by atoms with Crippen molar-refractivity contribution < 1.29 is 13.2 Å². The van der Waals surface area contributed by atoms with Crippen LogP contribution in [0.4, 0.5) is 0 Å². The number of carbonyl (C=O) groups is 1. The van der Waals surface area contributed by atoms with Gasteiger partial charge in [0.05, 0.1) is 12.3 Å². The highest BCUT2D eigenvalue weighted by Gasteiger charge is 2.21. The topological polar surface area (TPSA) is 75.3 Å². The van der Waals surface area contributed by atoms with E-state index >= 15 is 0 Å². The van der Waals surface area contributed by atoms with Crippen molar-refractivity contribution in [3.8, 4) is 0 Å². The van der Waals surface area contributed by atoms with E-state index in [1.807, 2.05) is 4.72 Å². The zero-order chi connectivity index (χ0) is 10.6. The first-order chi connectivity index (χ1) is 6.53. The standard InChI is InChI=1S/C8H16N2O3S/c1-2-14(12,13)10-8(11)6-9-5-7-3-4-7/h7,9H,2-6H2,1H3,(H,10,11). The predicted octanol–water partition coefficient (Wildman–Crippen LogP) is -0.548. The Balaban J connectivity index is 2.14. The van der Waals surface area contributed by atoms with Crippen LogP contribution >= 0.6 is 0 Å². The molecule has 82 valence electrons. The van der Waals surface area contributed by atoms with Crippen LogP contribution in [0.15, 0.2) is 0 Å². The highest BCUT2D eigenvalue weighted by Crippen LogP contribution is 2.27. The molecule has 1 amide bonds. The van der Waals surface area contributed by atoms with Crippen LogP contribution in [0.3, 0.4) is 0 Å². The van der Waals surface area contributed by atoms with Gasteiger partial charge in [0.15, 0.2) is 0 Å². The lowest BCUT2D eigenvalue weighted by Crippen LogP contribution is -2.38. The first-order valence-electron chi connectivity index (χ1n) is 4.77. The third-order valence-corrected chi connectivity index (χ3v) is 3.36. The summed E-state index contributed by atoms with van der Waals surface area (Å²) in [6.45, 7) is 2.38. The molecule has 0 bridgehead atoms. The van der Waals surface area contributed by atoms with E-state index in [2.05, 4.69) is 5.32 Å². The molecule has 0 atom stereocenters. The number of amides is 1. The van der Waals surface area contributed by atoms with Crippen molar-refractivity contribution in [1.82, 2.24) is 10.0 Å². The minimum atomic E-state index is -3.39. The van der Waals surface area contributed by atoms with Gasteiger partial charge in [-0.05, 0) is 32.2 Å². The van der Waals surface area contributed by atoms with Crippen LogP contribution in [0.2, 0.25) is 0 Å². The first-order valence-corrected chi connectivity index (χ1v) is 6.43. The first kappa shape index (κ1) is 11.5. The number of rotatable bonds is 6. The molecule has 0 aromatic carbocycles. The fourth-order valence-corrected chi connectivity index (χ4v) is 1.56. The minimum absolute atomic E-state index is 0.0681. The third kappa shape index (κ3) is 4.57. The number of hydrogen-bond donors (Lipinski definition) is 2. The Hall–Kier alpha value is -0.620. The van der Waals surface area contributed by atoms with Crippen LogP contribution in [0, 0.1) is 5.92 Å². The molecule has 1 saturated carbocycles. The molecule has 1 aliphatic carbocycles. The van der Waals surface area contributed by atoms with E-state index in [-0.39, 0.29) is 12.3 Å². The molecular weight excluding hydrogens is 204 g/mol. The zero-order valence-electron chi connectivity index (χ0n) is 8.25. The number of carbonyl (C=O) groups excluding carboxylic acids is 1. The van der Waals surface area contributed by atoms with Gasteiger partial charge in [-0.2, -0.15) is 0 Å². The van der Waals surface area contributed by atoms with E-state index in [0.29, 0.717) is 5.92 Å². The van der Waals surface area contributed by atoms with Crippen LogP contribution in [-0.4, -0.2) is 33.2 Å². The van der Waals surface area contributed by atoms with Gasteiger partial charge in [0.25, 0.3) is 0 Å². The summed E-state index contributed by atoms with van der Waals surface area (Å²) in [5.41, 5.74) is 0. The molecule has 1 fully saturated rings. The molecule has 0 unspecified atom stereocenters. The molecule has 1 aliphatic rings. The van der Waals surface area contributed by atoms with Gasteiger partial charge in [-0.25, -0.2) is 8.42 Å². The average Bonchev–Trinajstić information content (AvgIpc) is 2.87. The van der Waals surface area contributed by atoms with Crippen molar-refractivity contribution in [3.05, 3.63) is 0 Å². The molecule has 0 aromatic heterocycles. The molecule has 0 heterocycles. The Morgan fingerprint density at radius 2 is 2.07 bits per heavy atom. The van der Waals surface area contributed by atoms with Crippen molar-refractivity contribution in [1.29, 1.82) is 0 Å². The maximum Gasteiger partial charge on any atom is 0.247 e. The number of nitrogens with one attached hydrogen (secondary N) is 2. The van der Waals surface area contributed by atoms with Gasteiger partial charge < -0.3 is 5.32 Å². The summed E-state index contributed by atoms with van der Waals surface area (Å²) in [5.74, 6) is 0.138. The second-order valence-electron chi connectivity index (χ2n) is 3.50. The van der Waals surface area contributed by atoms with Crippen LogP contribution < -0.4 is 10.0 Å². The fraction of sp³-hybridized carbons (Fsp3) is 0.875. The van der Waals surface area contributed by atoms with Crippen LogP contribution in [0.25, 0.3) is 0 Å². The number of sulfonamides is 1. The SMILES string of the molecule is CCS(=O)(=O)NC(=O)CNCC1CC1. The molecule has 0 aliphatic heterocycles. The van der Waals surface area contributed by atoms with Gasteiger partial charge in [0.2, 0.25) is 15.9 Å². The van der Waals surface area contributed by atoms with Crippen molar-refractivity contribution in [3.63, 3.8) is 0 Å². The van der Waals surface area contributed by atoms with Crippen LogP contribution in [0.5, 0.6) is 0 Å². The Labute approximate surface area is 84.3 Å². The van der Waals surface area contributed by atoms with E-state index in [1.165, 1.54) is 19.8 Å². The molecule has 0 saturated heterocycles. The summed E-state index contributed by atoms with van der Waals surface area (Å²) < 4.78 is 23.9. The van der Waals surface area contributed by atoms with Gasteiger partial charge in [-0.3, -0.25) is 9.52 Å². The largest absolute Gasteiger partial charge is 0.308 e. The Morgan fingerprint density at radius 3 is 2.57 bits per heavy atom.